The quantitative estimate of drug-likeness (QED) is 0.843. The fraction of sp³-hybridized carbons (Fsp3) is 0.571. The highest BCUT2D eigenvalue weighted by molar-refractivity contribution is 5.41. The van der Waals surface area contributed by atoms with E-state index in [9.17, 15) is 0 Å². The minimum Gasteiger partial charge on any atom is -0.496 e. The summed E-state index contributed by atoms with van der Waals surface area (Å²) in [5, 5.41) is 0. The molecule has 16 heavy (non-hydrogen) atoms. The SMILES string of the molecule is COc1ccc(C(C)C)cc1[C@@H](N)C1CC1. The van der Waals surface area contributed by atoms with Crippen molar-refractivity contribution < 1.29 is 4.74 Å². The van der Waals surface area contributed by atoms with Gasteiger partial charge in [-0.25, -0.2) is 0 Å². The molecule has 0 unspecified atom stereocenters. The van der Waals surface area contributed by atoms with E-state index in [-0.39, 0.29) is 6.04 Å². The van der Waals surface area contributed by atoms with Crippen LogP contribution in [0, 0.1) is 5.92 Å². The van der Waals surface area contributed by atoms with Gasteiger partial charge < -0.3 is 10.5 Å². The van der Waals surface area contributed by atoms with Crippen LogP contribution in [-0.4, -0.2) is 7.11 Å². The second-order valence-electron chi connectivity index (χ2n) is 5.02. The first-order valence-corrected chi connectivity index (χ1v) is 6.07. The Balaban J connectivity index is 2.34. The third-order valence-electron chi connectivity index (χ3n) is 3.41. The van der Waals surface area contributed by atoms with Crippen molar-refractivity contribution in [1.82, 2.24) is 0 Å². The second-order valence-corrected chi connectivity index (χ2v) is 5.02. The van der Waals surface area contributed by atoms with Crippen molar-refractivity contribution in [3.05, 3.63) is 29.3 Å². The standard InChI is InChI=1S/C14H21NO/c1-9(2)11-6-7-13(16-3)12(8-11)14(15)10-4-5-10/h6-10,14H,4-5,15H2,1-3H3/t14-/m0/s1. The Morgan fingerprint density at radius 1 is 1.31 bits per heavy atom. The predicted molar refractivity (Wildman–Crippen MR) is 66.7 cm³/mol. The van der Waals surface area contributed by atoms with E-state index in [0.29, 0.717) is 11.8 Å². The van der Waals surface area contributed by atoms with Crippen LogP contribution in [0.5, 0.6) is 5.75 Å². The molecule has 2 rings (SSSR count). The summed E-state index contributed by atoms with van der Waals surface area (Å²) in [5.74, 6) is 2.14. The molecule has 1 aliphatic carbocycles. The molecule has 0 aromatic heterocycles. The number of ether oxygens (including phenoxy) is 1. The van der Waals surface area contributed by atoms with Crippen molar-refractivity contribution in [2.24, 2.45) is 11.7 Å². The fourth-order valence-corrected chi connectivity index (χ4v) is 2.08. The molecule has 0 radical (unpaired) electrons. The van der Waals surface area contributed by atoms with Gasteiger partial charge in [0, 0.05) is 11.6 Å². The molecule has 2 nitrogen and oxygen atoms in total. The van der Waals surface area contributed by atoms with Crippen LogP contribution in [0.1, 0.15) is 49.8 Å². The van der Waals surface area contributed by atoms with E-state index in [1.807, 2.05) is 6.07 Å². The molecule has 0 spiro atoms. The first-order chi connectivity index (χ1) is 7.63. The van der Waals surface area contributed by atoms with E-state index < -0.39 is 0 Å². The smallest absolute Gasteiger partial charge is 0.123 e. The molecular weight excluding hydrogens is 198 g/mol. The lowest BCUT2D eigenvalue weighted by molar-refractivity contribution is 0.402. The van der Waals surface area contributed by atoms with Crippen LogP contribution < -0.4 is 10.5 Å². The van der Waals surface area contributed by atoms with Crippen LogP contribution in [0.15, 0.2) is 18.2 Å². The lowest BCUT2D eigenvalue weighted by Gasteiger charge is -2.17. The highest BCUT2D eigenvalue weighted by atomic mass is 16.5. The van der Waals surface area contributed by atoms with Gasteiger partial charge >= 0.3 is 0 Å². The number of rotatable bonds is 4. The molecule has 2 N–H and O–H groups in total. The van der Waals surface area contributed by atoms with Crippen molar-refractivity contribution in [2.75, 3.05) is 7.11 Å². The summed E-state index contributed by atoms with van der Waals surface area (Å²) >= 11 is 0. The molecule has 1 aromatic carbocycles. The van der Waals surface area contributed by atoms with Crippen LogP contribution in [0.3, 0.4) is 0 Å². The Bertz CT molecular complexity index is 369. The molecule has 0 bridgehead atoms. The minimum absolute atomic E-state index is 0.147. The van der Waals surface area contributed by atoms with E-state index in [4.69, 9.17) is 10.5 Å². The van der Waals surface area contributed by atoms with Gasteiger partial charge in [-0.1, -0.05) is 26.0 Å². The summed E-state index contributed by atoms with van der Waals surface area (Å²) in [5.41, 5.74) is 8.78. The van der Waals surface area contributed by atoms with Crippen molar-refractivity contribution >= 4 is 0 Å². The predicted octanol–water partition coefficient (Wildman–Crippen LogP) is 3.23. The van der Waals surface area contributed by atoms with Crippen LogP contribution in [0.2, 0.25) is 0 Å². The van der Waals surface area contributed by atoms with Gasteiger partial charge in [0.2, 0.25) is 0 Å². The Labute approximate surface area is 97.8 Å². The van der Waals surface area contributed by atoms with Crippen LogP contribution >= 0.6 is 0 Å². The molecule has 1 atom stereocenters. The largest absolute Gasteiger partial charge is 0.496 e. The molecule has 1 aromatic rings. The topological polar surface area (TPSA) is 35.2 Å². The van der Waals surface area contributed by atoms with E-state index in [2.05, 4.69) is 26.0 Å². The van der Waals surface area contributed by atoms with Gasteiger partial charge in [-0.2, -0.15) is 0 Å². The zero-order valence-electron chi connectivity index (χ0n) is 10.4. The fourth-order valence-electron chi connectivity index (χ4n) is 2.08. The number of hydrogen-bond donors (Lipinski definition) is 1. The van der Waals surface area contributed by atoms with E-state index in [1.54, 1.807) is 7.11 Å². The second kappa shape index (κ2) is 4.46. The zero-order chi connectivity index (χ0) is 11.7. The Kier molecular flexibility index (Phi) is 3.20. The van der Waals surface area contributed by atoms with Gasteiger partial charge in [-0.05, 0) is 36.3 Å². The number of hydrogen-bond acceptors (Lipinski definition) is 2. The molecule has 1 saturated carbocycles. The lowest BCUT2D eigenvalue weighted by atomic mass is 9.95. The first-order valence-electron chi connectivity index (χ1n) is 6.07. The molecule has 0 heterocycles. The Morgan fingerprint density at radius 2 is 2.00 bits per heavy atom. The van der Waals surface area contributed by atoms with Crippen LogP contribution in [-0.2, 0) is 0 Å². The summed E-state index contributed by atoms with van der Waals surface area (Å²) < 4.78 is 5.40. The average Bonchev–Trinajstić information content (AvgIpc) is 3.11. The van der Waals surface area contributed by atoms with Gasteiger partial charge in [-0.15, -0.1) is 0 Å². The molecular formula is C14H21NO. The number of methoxy groups -OCH3 is 1. The molecule has 0 saturated heterocycles. The van der Waals surface area contributed by atoms with Crippen molar-refractivity contribution in [3.63, 3.8) is 0 Å². The zero-order valence-corrected chi connectivity index (χ0v) is 10.4. The summed E-state index contributed by atoms with van der Waals surface area (Å²) in [6.45, 7) is 4.41. The first kappa shape index (κ1) is 11.5. The summed E-state index contributed by atoms with van der Waals surface area (Å²) in [4.78, 5) is 0. The third-order valence-corrected chi connectivity index (χ3v) is 3.41. The Hall–Kier alpha value is -1.02. The molecule has 0 aliphatic heterocycles. The van der Waals surface area contributed by atoms with E-state index in [1.165, 1.54) is 24.0 Å². The van der Waals surface area contributed by atoms with Crippen molar-refractivity contribution in [1.29, 1.82) is 0 Å². The Morgan fingerprint density at radius 3 is 2.50 bits per heavy atom. The van der Waals surface area contributed by atoms with Crippen LogP contribution in [0.25, 0.3) is 0 Å². The number of nitrogens with two attached hydrogens (primary N) is 1. The highest BCUT2D eigenvalue weighted by Gasteiger charge is 2.31. The lowest BCUT2D eigenvalue weighted by Crippen LogP contribution is -2.14. The summed E-state index contributed by atoms with van der Waals surface area (Å²) in [7, 11) is 1.72. The van der Waals surface area contributed by atoms with Gasteiger partial charge in [0.1, 0.15) is 5.75 Å². The molecule has 1 aliphatic rings. The van der Waals surface area contributed by atoms with E-state index >= 15 is 0 Å². The summed E-state index contributed by atoms with van der Waals surface area (Å²) in [6.07, 6.45) is 2.52. The van der Waals surface area contributed by atoms with Gasteiger partial charge in [0.15, 0.2) is 0 Å². The van der Waals surface area contributed by atoms with Crippen LogP contribution in [0.4, 0.5) is 0 Å². The summed E-state index contributed by atoms with van der Waals surface area (Å²) in [6, 6.07) is 6.54. The molecule has 0 amide bonds. The van der Waals surface area contributed by atoms with E-state index in [0.717, 1.165) is 5.75 Å². The van der Waals surface area contributed by atoms with Crippen molar-refractivity contribution in [2.45, 2.75) is 38.6 Å². The van der Waals surface area contributed by atoms with Crippen molar-refractivity contribution in [3.8, 4) is 5.75 Å². The maximum atomic E-state index is 6.27. The van der Waals surface area contributed by atoms with Gasteiger partial charge in [0.25, 0.3) is 0 Å². The average molecular weight is 219 g/mol. The minimum atomic E-state index is 0.147. The van der Waals surface area contributed by atoms with Gasteiger partial charge in [0.05, 0.1) is 7.11 Å². The maximum Gasteiger partial charge on any atom is 0.123 e. The molecule has 1 fully saturated rings. The highest BCUT2D eigenvalue weighted by Crippen LogP contribution is 2.42. The maximum absolute atomic E-state index is 6.27. The molecule has 88 valence electrons. The number of benzene rings is 1. The van der Waals surface area contributed by atoms with Gasteiger partial charge in [-0.3, -0.25) is 0 Å². The third kappa shape index (κ3) is 2.22. The normalized spacial score (nSPS) is 17.6. The molecule has 2 heteroatoms. The monoisotopic (exact) mass is 219 g/mol.